The van der Waals surface area contributed by atoms with Gasteiger partial charge in [0, 0.05) is 31.1 Å². The lowest BCUT2D eigenvalue weighted by Crippen LogP contribution is -2.38. The van der Waals surface area contributed by atoms with Gasteiger partial charge in [0.05, 0.1) is 15.9 Å². The van der Waals surface area contributed by atoms with Crippen LogP contribution in [-0.2, 0) is 16.6 Å². The zero-order valence-corrected chi connectivity index (χ0v) is 20.4. The summed E-state index contributed by atoms with van der Waals surface area (Å²) in [6.07, 6.45) is 1.61. The molecule has 7 nitrogen and oxygen atoms in total. The second kappa shape index (κ2) is 9.64. The maximum atomic E-state index is 13.4. The normalized spacial score (nSPS) is 14.9. The van der Waals surface area contributed by atoms with E-state index in [1.54, 1.807) is 12.1 Å². The Balaban J connectivity index is 1.27. The first kappa shape index (κ1) is 23.3. The molecule has 5 rings (SSSR count). The summed E-state index contributed by atoms with van der Waals surface area (Å²) >= 11 is 0. The summed E-state index contributed by atoms with van der Waals surface area (Å²) in [5.74, 6) is 1.10. The number of aromatic nitrogens is 2. The molecule has 1 aliphatic rings. The zero-order valence-electron chi connectivity index (χ0n) is 19.6. The number of sulfonamides is 1. The number of imidazole rings is 1. The van der Waals surface area contributed by atoms with Crippen molar-refractivity contribution in [2.75, 3.05) is 13.1 Å². The van der Waals surface area contributed by atoms with Crippen molar-refractivity contribution in [3.05, 3.63) is 95.3 Å². The van der Waals surface area contributed by atoms with E-state index in [4.69, 9.17) is 4.98 Å². The van der Waals surface area contributed by atoms with Crippen LogP contribution in [0.3, 0.4) is 0 Å². The Labute approximate surface area is 205 Å². The van der Waals surface area contributed by atoms with Gasteiger partial charge in [-0.15, -0.1) is 0 Å². The molecule has 0 radical (unpaired) electrons. The van der Waals surface area contributed by atoms with Crippen molar-refractivity contribution in [1.29, 1.82) is 0 Å². The molecule has 8 heteroatoms. The summed E-state index contributed by atoms with van der Waals surface area (Å²) < 4.78 is 28.4. The summed E-state index contributed by atoms with van der Waals surface area (Å²) in [6.45, 7) is 3.23. The molecule has 0 spiro atoms. The number of carbonyl (C=O) groups excluding carboxylic acids is 1. The highest BCUT2D eigenvalue weighted by atomic mass is 32.2. The number of H-pyrrole nitrogens is 1. The maximum Gasteiger partial charge on any atom is 0.254 e. The predicted molar refractivity (Wildman–Crippen MR) is 136 cm³/mol. The van der Waals surface area contributed by atoms with Crippen LogP contribution in [0.4, 0.5) is 0 Å². The number of aryl methyl sites for hydroxylation is 1. The molecule has 0 saturated carbocycles. The molecule has 3 aromatic carbocycles. The minimum Gasteiger partial charge on any atom is -0.342 e. The molecule has 0 bridgehead atoms. The number of nitrogens with one attached hydrogen (secondary N) is 2. The Morgan fingerprint density at radius 2 is 1.74 bits per heavy atom. The van der Waals surface area contributed by atoms with Crippen molar-refractivity contribution in [1.82, 2.24) is 19.6 Å². The van der Waals surface area contributed by atoms with Crippen molar-refractivity contribution in [3.8, 4) is 0 Å². The van der Waals surface area contributed by atoms with Crippen LogP contribution in [0.15, 0.2) is 77.7 Å². The van der Waals surface area contributed by atoms with Gasteiger partial charge < -0.3 is 9.88 Å². The highest BCUT2D eigenvalue weighted by Gasteiger charge is 2.28. The molecular weight excluding hydrogens is 460 g/mol. The number of piperidine rings is 1. The molecule has 1 amide bonds. The van der Waals surface area contributed by atoms with E-state index in [2.05, 4.69) is 9.71 Å². The number of amides is 1. The van der Waals surface area contributed by atoms with Crippen molar-refractivity contribution in [2.24, 2.45) is 0 Å². The summed E-state index contributed by atoms with van der Waals surface area (Å²) in [5, 5.41) is 0. The number of rotatable bonds is 6. The lowest BCUT2D eigenvalue weighted by Gasteiger charge is -2.31. The first-order valence-electron chi connectivity index (χ1n) is 11.8. The third kappa shape index (κ3) is 4.99. The minimum absolute atomic E-state index is 0.0968. The smallest absolute Gasteiger partial charge is 0.254 e. The van der Waals surface area contributed by atoms with Gasteiger partial charge in [-0.1, -0.05) is 48.5 Å². The van der Waals surface area contributed by atoms with Crippen LogP contribution in [0.2, 0.25) is 0 Å². The van der Waals surface area contributed by atoms with Gasteiger partial charge >= 0.3 is 0 Å². The van der Waals surface area contributed by atoms with Gasteiger partial charge in [-0.2, -0.15) is 0 Å². The van der Waals surface area contributed by atoms with Crippen molar-refractivity contribution < 1.29 is 13.2 Å². The van der Waals surface area contributed by atoms with Crippen LogP contribution in [0, 0.1) is 6.92 Å². The summed E-state index contributed by atoms with van der Waals surface area (Å²) in [6, 6.07) is 22.1. The van der Waals surface area contributed by atoms with Gasteiger partial charge in [-0.25, -0.2) is 18.1 Å². The third-order valence-electron chi connectivity index (χ3n) is 6.64. The molecule has 1 saturated heterocycles. The standard InChI is InChI=1S/C27H28N4O3S/c1-19-11-12-22(35(33,34)28-18-20-7-3-2-4-8-20)17-23(19)27(32)31-15-13-21(14-16-31)26-29-24-9-5-6-10-25(24)30-26/h2-12,17,21,28H,13-16,18H2,1H3,(H,29,30). The quantitative estimate of drug-likeness (QED) is 0.421. The molecule has 2 heterocycles. The number of hydrogen-bond acceptors (Lipinski definition) is 4. The first-order valence-corrected chi connectivity index (χ1v) is 13.3. The SMILES string of the molecule is Cc1ccc(S(=O)(=O)NCc2ccccc2)cc1C(=O)N1CCC(c2nc3ccccc3[nH]2)CC1. The highest BCUT2D eigenvalue weighted by molar-refractivity contribution is 7.89. The Bertz CT molecular complexity index is 1420. The molecule has 1 fully saturated rings. The Kier molecular flexibility index (Phi) is 6.40. The van der Waals surface area contributed by atoms with Gasteiger partial charge in [0.15, 0.2) is 0 Å². The lowest BCUT2D eigenvalue weighted by atomic mass is 9.95. The fourth-order valence-corrected chi connectivity index (χ4v) is 5.59. The van der Waals surface area contributed by atoms with Gasteiger partial charge in [0.2, 0.25) is 10.0 Å². The van der Waals surface area contributed by atoms with Crippen LogP contribution < -0.4 is 4.72 Å². The van der Waals surface area contributed by atoms with E-state index in [1.807, 2.05) is 66.4 Å². The second-order valence-corrected chi connectivity index (χ2v) is 10.8. The molecule has 180 valence electrons. The second-order valence-electron chi connectivity index (χ2n) is 8.99. The van der Waals surface area contributed by atoms with E-state index in [1.165, 1.54) is 6.07 Å². The topological polar surface area (TPSA) is 95.2 Å². The monoisotopic (exact) mass is 488 g/mol. The van der Waals surface area contributed by atoms with E-state index in [-0.39, 0.29) is 23.3 Å². The number of hydrogen-bond donors (Lipinski definition) is 2. The fraction of sp³-hybridized carbons (Fsp3) is 0.259. The molecule has 35 heavy (non-hydrogen) atoms. The van der Waals surface area contributed by atoms with E-state index >= 15 is 0 Å². The fourth-order valence-electron chi connectivity index (χ4n) is 4.55. The average molecular weight is 489 g/mol. The first-order chi connectivity index (χ1) is 16.9. The summed E-state index contributed by atoms with van der Waals surface area (Å²) in [4.78, 5) is 23.4. The molecule has 1 aromatic heterocycles. The molecule has 1 aliphatic heterocycles. The van der Waals surface area contributed by atoms with E-state index in [9.17, 15) is 13.2 Å². The summed E-state index contributed by atoms with van der Waals surface area (Å²) in [5.41, 5.74) is 4.03. The predicted octanol–water partition coefficient (Wildman–Crippen LogP) is 4.37. The number of carbonyl (C=O) groups is 1. The Hall–Kier alpha value is -3.49. The van der Waals surface area contributed by atoms with Gasteiger partial charge in [0.25, 0.3) is 5.91 Å². The van der Waals surface area contributed by atoms with E-state index in [0.717, 1.165) is 40.8 Å². The van der Waals surface area contributed by atoms with Crippen LogP contribution in [0.1, 0.15) is 46.1 Å². The largest absolute Gasteiger partial charge is 0.342 e. The molecule has 0 aliphatic carbocycles. The maximum absolute atomic E-state index is 13.4. The van der Waals surface area contributed by atoms with E-state index in [0.29, 0.717) is 18.7 Å². The number of fused-ring (bicyclic) bond motifs is 1. The van der Waals surface area contributed by atoms with Crippen LogP contribution >= 0.6 is 0 Å². The Morgan fingerprint density at radius 1 is 1.03 bits per heavy atom. The van der Waals surface area contributed by atoms with Crippen LogP contribution in [0.25, 0.3) is 11.0 Å². The Morgan fingerprint density at radius 3 is 2.49 bits per heavy atom. The van der Waals surface area contributed by atoms with Gasteiger partial charge in [0.1, 0.15) is 5.82 Å². The van der Waals surface area contributed by atoms with Crippen LogP contribution in [0.5, 0.6) is 0 Å². The third-order valence-corrected chi connectivity index (χ3v) is 8.03. The van der Waals surface area contributed by atoms with Crippen LogP contribution in [-0.4, -0.2) is 42.3 Å². The highest BCUT2D eigenvalue weighted by Crippen LogP contribution is 2.29. The number of likely N-dealkylation sites (tertiary alicyclic amines) is 1. The molecule has 2 N–H and O–H groups in total. The molecule has 4 aromatic rings. The van der Waals surface area contributed by atoms with Crippen molar-refractivity contribution in [3.63, 3.8) is 0 Å². The van der Waals surface area contributed by atoms with Crippen molar-refractivity contribution >= 4 is 27.0 Å². The van der Waals surface area contributed by atoms with E-state index < -0.39 is 10.0 Å². The van der Waals surface area contributed by atoms with Crippen molar-refractivity contribution in [2.45, 2.75) is 37.1 Å². The number of aromatic amines is 1. The number of nitrogens with zero attached hydrogens (tertiary/aromatic N) is 2. The van der Waals surface area contributed by atoms with Gasteiger partial charge in [-0.05, 0) is 55.2 Å². The van der Waals surface area contributed by atoms with Gasteiger partial charge in [-0.3, -0.25) is 4.79 Å². The zero-order chi connectivity index (χ0) is 24.4. The molecule has 0 unspecified atom stereocenters. The molecular formula is C27H28N4O3S. The number of benzene rings is 3. The minimum atomic E-state index is -3.75. The summed E-state index contributed by atoms with van der Waals surface area (Å²) in [7, 11) is -3.75. The molecule has 0 atom stereocenters. The number of para-hydroxylation sites is 2. The average Bonchev–Trinajstić information content (AvgIpc) is 3.32. The lowest BCUT2D eigenvalue weighted by molar-refractivity contribution is 0.0710.